The van der Waals surface area contributed by atoms with Crippen molar-refractivity contribution in [1.82, 2.24) is 4.90 Å². The maximum Gasteiger partial charge on any atom is 0.236 e. The molecular formula is C13H24N2O3S. The molecule has 0 atom stereocenters. The minimum Gasteiger partial charge on any atom is -0.396 e. The van der Waals surface area contributed by atoms with Gasteiger partial charge in [-0.2, -0.15) is 0 Å². The zero-order valence-electron chi connectivity index (χ0n) is 11.7. The van der Waals surface area contributed by atoms with E-state index in [1.165, 1.54) is 0 Å². The largest absolute Gasteiger partial charge is 0.396 e. The Morgan fingerprint density at radius 2 is 2.05 bits per heavy atom. The number of carbonyl (C=O) groups excluding carboxylic acids is 1. The molecule has 0 bridgehead atoms. The maximum atomic E-state index is 12.8. The van der Waals surface area contributed by atoms with Crippen LogP contribution in [0.15, 0.2) is 0 Å². The summed E-state index contributed by atoms with van der Waals surface area (Å²) in [4.78, 5) is 14.9. The lowest BCUT2D eigenvalue weighted by Gasteiger charge is -2.40. The second kappa shape index (κ2) is 7.17. The van der Waals surface area contributed by atoms with Crippen molar-refractivity contribution in [3.8, 4) is 0 Å². The van der Waals surface area contributed by atoms with Crippen molar-refractivity contribution in [3.05, 3.63) is 0 Å². The van der Waals surface area contributed by atoms with Crippen LogP contribution in [0.25, 0.3) is 0 Å². The highest BCUT2D eigenvalue weighted by atomic mass is 32.1. The summed E-state index contributed by atoms with van der Waals surface area (Å²) in [5.41, 5.74) is 5.08. The lowest BCUT2D eigenvalue weighted by molar-refractivity contribution is -0.144. The first-order valence-electron chi connectivity index (χ1n) is 6.75. The van der Waals surface area contributed by atoms with Crippen molar-refractivity contribution in [1.29, 1.82) is 0 Å². The molecule has 6 heteroatoms. The minimum absolute atomic E-state index is 0.0215. The molecular weight excluding hydrogens is 264 g/mol. The van der Waals surface area contributed by atoms with E-state index >= 15 is 0 Å². The Morgan fingerprint density at radius 3 is 2.47 bits per heavy atom. The second-order valence-electron chi connectivity index (χ2n) is 5.23. The van der Waals surface area contributed by atoms with E-state index in [2.05, 4.69) is 0 Å². The van der Waals surface area contributed by atoms with E-state index in [0.717, 1.165) is 0 Å². The van der Waals surface area contributed by atoms with Crippen LogP contribution in [0.5, 0.6) is 0 Å². The summed E-state index contributed by atoms with van der Waals surface area (Å²) in [5, 5.41) is 8.95. The van der Waals surface area contributed by atoms with E-state index in [4.69, 9.17) is 27.8 Å². The van der Waals surface area contributed by atoms with Gasteiger partial charge in [0.1, 0.15) is 5.41 Å². The van der Waals surface area contributed by atoms with E-state index in [1.54, 1.807) is 4.90 Å². The molecule has 0 spiro atoms. The van der Waals surface area contributed by atoms with Gasteiger partial charge in [0, 0.05) is 32.4 Å². The Balaban J connectivity index is 2.93. The zero-order chi connectivity index (χ0) is 14.5. The van der Waals surface area contributed by atoms with Gasteiger partial charge in [-0.05, 0) is 33.1 Å². The predicted octanol–water partition coefficient (Wildman–Crippen LogP) is 0.689. The average Bonchev–Trinajstić information content (AvgIpc) is 2.39. The summed E-state index contributed by atoms with van der Waals surface area (Å²) in [6.07, 6.45) is 1.65. The van der Waals surface area contributed by atoms with E-state index in [0.29, 0.717) is 39.0 Å². The van der Waals surface area contributed by atoms with Crippen LogP contribution in [0.2, 0.25) is 0 Å². The molecule has 0 aromatic rings. The van der Waals surface area contributed by atoms with Crippen LogP contribution in [0, 0.1) is 5.41 Å². The highest BCUT2D eigenvalue weighted by Crippen LogP contribution is 2.34. The third-order valence-corrected chi connectivity index (χ3v) is 4.06. The third kappa shape index (κ3) is 3.64. The van der Waals surface area contributed by atoms with Crippen molar-refractivity contribution in [2.24, 2.45) is 11.1 Å². The summed E-state index contributed by atoms with van der Waals surface area (Å²) in [6.45, 7) is 5.53. The normalized spacial score (nSPS) is 18.3. The van der Waals surface area contributed by atoms with Crippen molar-refractivity contribution < 1.29 is 14.6 Å². The van der Waals surface area contributed by atoms with Gasteiger partial charge >= 0.3 is 0 Å². The van der Waals surface area contributed by atoms with Gasteiger partial charge in [-0.25, -0.2) is 0 Å². The maximum absolute atomic E-state index is 12.8. The number of thiocarbonyl (C=S) groups is 1. The zero-order valence-corrected chi connectivity index (χ0v) is 12.5. The minimum atomic E-state index is -0.771. The number of aliphatic hydroxyl groups excluding tert-OH is 1. The molecule has 0 radical (unpaired) electrons. The van der Waals surface area contributed by atoms with Crippen LogP contribution in [-0.4, -0.2) is 53.3 Å². The predicted molar refractivity (Wildman–Crippen MR) is 77.8 cm³/mol. The Bertz CT molecular complexity index is 328. The Labute approximate surface area is 120 Å². The molecule has 0 aromatic heterocycles. The number of nitrogens with two attached hydrogens (primary N) is 1. The summed E-state index contributed by atoms with van der Waals surface area (Å²) in [5.74, 6) is -0.0215. The third-order valence-electron chi connectivity index (χ3n) is 3.67. The summed E-state index contributed by atoms with van der Waals surface area (Å²) in [7, 11) is 0. The Hall–Kier alpha value is -0.720. The van der Waals surface area contributed by atoms with Crippen LogP contribution in [0.1, 0.15) is 33.1 Å². The van der Waals surface area contributed by atoms with E-state index < -0.39 is 5.41 Å². The molecule has 3 N–H and O–H groups in total. The first kappa shape index (κ1) is 16.3. The molecule has 1 fully saturated rings. The van der Waals surface area contributed by atoms with Gasteiger partial charge in [0.05, 0.1) is 4.99 Å². The smallest absolute Gasteiger partial charge is 0.236 e. The number of rotatable bonds is 6. The molecule has 1 aliphatic rings. The summed E-state index contributed by atoms with van der Waals surface area (Å²) >= 11 is 5.15. The number of carbonyl (C=O) groups is 1. The first-order chi connectivity index (χ1) is 8.95. The first-order valence-corrected chi connectivity index (χ1v) is 7.16. The number of hydrogen-bond donors (Lipinski definition) is 2. The van der Waals surface area contributed by atoms with Crippen LogP contribution in [-0.2, 0) is 9.53 Å². The number of nitrogens with zero attached hydrogens (tertiary/aromatic N) is 1. The molecule has 1 heterocycles. The van der Waals surface area contributed by atoms with Gasteiger partial charge in [0.25, 0.3) is 0 Å². The number of amides is 1. The van der Waals surface area contributed by atoms with Gasteiger partial charge < -0.3 is 20.5 Å². The van der Waals surface area contributed by atoms with Crippen molar-refractivity contribution in [2.75, 3.05) is 26.4 Å². The molecule has 110 valence electrons. The molecule has 0 aromatic carbocycles. The second-order valence-corrected chi connectivity index (χ2v) is 5.67. The van der Waals surface area contributed by atoms with E-state index in [9.17, 15) is 4.79 Å². The van der Waals surface area contributed by atoms with Gasteiger partial charge in [-0.3, -0.25) is 4.79 Å². The molecule has 1 amide bonds. The van der Waals surface area contributed by atoms with Gasteiger partial charge in [0.2, 0.25) is 5.91 Å². The molecule has 1 saturated heterocycles. The van der Waals surface area contributed by atoms with E-state index in [-0.39, 0.29) is 23.5 Å². The molecule has 0 saturated carbocycles. The summed E-state index contributed by atoms with van der Waals surface area (Å²) in [6, 6.07) is 0.0631. The SMILES string of the molecule is CC(C)N(CCCO)C(=O)C1(C(N)=S)CCOCC1. The van der Waals surface area contributed by atoms with Crippen molar-refractivity contribution >= 4 is 23.1 Å². The van der Waals surface area contributed by atoms with Crippen LogP contribution >= 0.6 is 12.2 Å². The number of aliphatic hydroxyl groups is 1. The fourth-order valence-corrected chi connectivity index (χ4v) is 2.69. The monoisotopic (exact) mass is 288 g/mol. The number of hydrogen-bond acceptors (Lipinski definition) is 4. The Kier molecular flexibility index (Phi) is 6.16. The van der Waals surface area contributed by atoms with Crippen LogP contribution < -0.4 is 5.73 Å². The topological polar surface area (TPSA) is 75.8 Å². The van der Waals surface area contributed by atoms with Crippen molar-refractivity contribution in [3.63, 3.8) is 0 Å². The van der Waals surface area contributed by atoms with Gasteiger partial charge in [-0.15, -0.1) is 0 Å². The Morgan fingerprint density at radius 1 is 1.47 bits per heavy atom. The molecule has 5 nitrogen and oxygen atoms in total. The van der Waals surface area contributed by atoms with Crippen molar-refractivity contribution in [2.45, 2.75) is 39.2 Å². The van der Waals surface area contributed by atoms with Crippen LogP contribution in [0.4, 0.5) is 0 Å². The van der Waals surface area contributed by atoms with E-state index in [1.807, 2.05) is 13.8 Å². The number of ether oxygens (including phenoxy) is 1. The fraction of sp³-hybridized carbons (Fsp3) is 0.846. The molecule has 0 aliphatic carbocycles. The molecule has 0 unspecified atom stereocenters. The molecule has 19 heavy (non-hydrogen) atoms. The summed E-state index contributed by atoms with van der Waals surface area (Å²) < 4.78 is 5.32. The lowest BCUT2D eigenvalue weighted by Crippen LogP contribution is -2.55. The van der Waals surface area contributed by atoms with Gasteiger partial charge in [-0.1, -0.05) is 12.2 Å². The highest BCUT2D eigenvalue weighted by molar-refractivity contribution is 7.80. The highest BCUT2D eigenvalue weighted by Gasteiger charge is 2.45. The standard InChI is InChI=1S/C13H24N2O3S/c1-10(2)15(6-3-7-16)12(17)13(11(14)19)4-8-18-9-5-13/h10,16H,3-9H2,1-2H3,(H2,14,19). The molecule has 1 aliphatic heterocycles. The van der Waals surface area contributed by atoms with Crippen LogP contribution in [0.3, 0.4) is 0 Å². The fourth-order valence-electron chi connectivity index (χ4n) is 2.40. The van der Waals surface area contributed by atoms with Gasteiger partial charge in [0.15, 0.2) is 0 Å². The average molecular weight is 288 g/mol. The quantitative estimate of drug-likeness (QED) is 0.703. The molecule has 1 rings (SSSR count). The lowest BCUT2D eigenvalue weighted by atomic mass is 9.78.